The van der Waals surface area contributed by atoms with E-state index in [0.717, 1.165) is 41.3 Å². The van der Waals surface area contributed by atoms with Crippen molar-refractivity contribution in [3.8, 4) is 0 Å². The van der Waals surface area contributed by atoms with Gasteiger partial charge in [-0.15, -0.1) is 0 Å². The van der Waals surface area contributed by atoms with Gasteiger partial charge in [0.2, 0.25) is 0 Å². The lowest BCUT2D eigenvalue weighted by Crippen LogP contribution is -2.53. The van der Waals surface area contributed by atoms with E-state index in [1.165, 1.54) is 97.0 Å². The summed E-state index contributed by atoms with van der Waals surface area (Å²) in [4.78, 5) is 0. The maximum Gasteiger partial charge on any atom is 0.475 e. The zero-order valence-electron chi connectivity index (χ0n) is 25.3. The van der Waals surface area contributed by atoms with E-state index in [9.17, 15) is 4.57 Å². The monoisotopic (exact) mass is 534 g/mol. The number of likely N-dealkylation sites (N-methyl/N-ethyl adjacent to an activating group) is 2. The highest BCUT2D eigenvalue weighted by atomic mass is 31.2. The number of quaternary nitrogens is 2. The molecule has 0 aliphatic heterocycles. The van der Waals surface area contributed by atoms with Crippen LogP contribution in [-0.4, -0.2) is 83.2 Å². The van der Waals surface area contributed by atoms with E-state index in [1.807, 2.05) is 0 Å². The highest BCUT2D eigenvalue weighted by Gasteiger charge is 2.44. The van der Waals surface area contributed by atoms with E-state index in [4.69, 9.17) is 13.6 Å². The third-order valence-corrected chi connectivity index (χ3v) is 9.38. The number of hydrogen-bond acceptors (Lipinski definition) is 4. The minimum atomic E-state index is -3.52. The molecule has 0 aromatic carbocycles. The first-order valence-electron chi connectivity index (χ1n) is 15.1. The van der Waals surface area contributed by atoms with Crippen LogP contribution in [0.3, 0.4) is 0 Å². The molecule has 36 heavy (non-hydrogen) atoms. The molecule has 1 saturated carbocycles. The molecule has 0 N–H and O–H groups in total. The summed E-state index contributed by atoms with van der Waals surface area (Å²) in [6.45, 7) is 4.55. The van der Waals surface area contributed by atoms with Gasteiger partial charge in [0.15, 0.2) is 0 Å². The highest BCUT2D eigenvalue weighted by Crippen LogP contribution is 2.52. The largest absolute Gasteiger partial charge is 0.475 e. The summed E-state index contributed by atoms with van der Waals surface area (Å²) in [7, 11) is 8.80. The molecule has 1 fully saturated rings. The van der Waals surface area contributed by atoms with Gasteiger partial charge in [0.25, 0.3) is 0 Å². The van der Waals surface area contributed by atoms with Gasteiger partial charge in [0.1, 0.15) is 25.3 Å². The minimum Gasteiger partial charge on any atom is -0.329 e. The van der Waals surface area contributed by atoms with Crippen LogP contribution in [0.1, 0.15) is 116 Å². The van der Waals surface area contributed by atoms with Gasteiger partial charge in [-0.25, -0.2) is 4.57 Å². The molecule has 7 heteroatoms. The van der Waals surface area contributed by atoms with Crippen molar-refractivity contribution in [1.82, 2.24) is 0 Å². The molecule has 6 nitrogen and oxygen atoms in total. The zero-order chi connectivity index (χ0) is 26.9. The van der Waals surface area contributed by atoms with Crippen molar-refractivity contribution >= 4 is 7.82 Å². The first kappa shape index (κ1) is 34.1. The highest BCUT2D eigenvalue weighted by molar-refractivity contribution is 7.48. The van der Waals surface area contributed by atoms with Gasteiger partial charge < -0.3 is 8.97 Å². The summed E-state index contributed by atoms with van der Waals surface area (Å²) < 4.78 is 31.8. The Balaban J connectivity index is 2.23. The molecule has 0 radical (unpaired) electrons. The predicted octanol–water partition coefficient (Wildman–Crippen LogP) is 7.96. The van der Waals surface area contributed by atoms with Crippen LogP contribution in [0.4, 0.5) is 0 Å². The van der Waals surface area contributed by atoms with E-state index < -0.39 is 7.82 Å². The molecule has 0 saturated heterocycles. The second-order valence-corrected chi connectivity index (χ2v) is 14.4. The summed E-state index contributed by atoms with van der Waals surface area (Å²) in [6, 6.07) is 0.345. The van der Waals surface area contributed by atoms with Crippen molar-refractivity contribution in [2.24, 2.45) is 0 Å². The lowest BCUT2D eigenvalue weighted by Gasteiger charge is -2.39. The van der Waals surface area contributed by atoms with E-state index in [1.54, 1.807) is 0 Å². The second-order valence-electron chi connectivity index (χ2n) is 12.7. The number of phosphoric acid groups is 1. The zero-order valence-corrected chi connectivity index (χ0v) is 26.2. The molecule has 1 rings (SSSR count). The van der Waals surface area contributed by atoms with E-state index in [0.29, 0.717) is 12.6 Å². The van der Waals surface area contributed by atoms with Crippen molar-refractivity contribution in [3.63, 3.8) is 0 Å². The second kappa shape index (κ2) is 18.3. The molecule has 0 spiro atoms. The molecule has 1 unspecified atom stereocenters. The Morgan fingerprint density at radius 1 is 0.722 bits per heavy atom. The third kappa shape index (κ3) is 15.4. The fraction of sp³-hybridized carbons (Fsp3) is 1.00. The van der Waals surface area contributed by atoms with Crippen LogP contribution in [0.15, 0.2) is 0 Å². The van der Waals surface area contributed by atoms with Gasteiger partial charge in [-0.2, -0.15) is 0 Å². The van der Waals surface area contributed by atoms with Crippen LogP contribution in [0, 0.1) is 0 Å². The first-order chi connectivity index (χ1) is 17.0. The van der Waals surface area contributed by atoms with Crippen LogP contribution in [0.5, 0.6) is 0 Å². The number of unbranched alkanes of at least 4 members (excludes halogenated alkanes) is 13. The van der Waals surface area contributed by atoms with Crippen LogP contribution in [0.2, 0.25) is 0 Å². The molecule has 0 heterocycles. The summed E-state index contributed by atoms with van der Waals surface area (Å²) >= 11 is 0. The quantitative estimate of drug-likeness (QED) is 0.0758. The maximum atomic E-state index is 13.1. The molecule has 216 valence electrons. The first-order valence-corrected chi connectivity index (χ1v) is 16.6. The number of phosphoric ester groups is 1. The van der Waals surface area contributed by atoms with Gasteiger partial charge in [0.05, 0.1) is 41.8 Å². The van der Waals surface area contributed by atoms with Crippen molar-refractivity contribution in [1.29, 1.82) is 0 Å². The van der Waals surface area contributed by atoms with E-state index >= 15 is 0 Å². The maximum absolute atomic E-state index is 13.1. The molecular weight excluding hydrogens is 471 g/mol. The molecule has 0 bridgehead atoms. The van der Waals surface area contributed by atoms with E-state index in [-0.39, 0.29) is 6.10 Å². The van der Waals surface area contributed by atoms with Crippen molar-refractivity contribution in [2.75, 3.05) is 62.0 Å². The standard InChI is InChI=1S/C29H63N2O4P/c1-8-9-10-11-12-13-14-15-16-17-18-19-20-21-25-31(5,6)28-23-22-24-29(28)35-36(32,33-7)34-27-26-30(2,3)4/h28-29H,8-27H2,1-7H3/q+2/t28-,29-,36?/m0/s1. The van der Waals surface area contributed by atoms with Gasteiger partial charge in [-0.1, -0.05) is 84.0 Å². The predicted molar refractivity (Wildman–Crippen MR) is 153 cm³/mol. The topological polar surface area (TPSA) is 44.8 Å². The van der Waals surface area contributed by atoms with Gasteiger partial charge in [-0.3, -0.25) is 13.6 Å². The van der Waals surface area contributed by atoms with Gasteiger partial charge >= 0.3 is 7.82 Å². The molecule has 0 aromatic heterocycles. The van der Waals surface area contributed by atoms with Crippen molar-refractivity contribution in [3.05, 3.63) is 0 Å². The Kier molecular flexibility index (Phi) is 17.4. The summed E-state index contributed by atoms with van der Waals surface area (Å²) in [5.74, 6) is 0. The van der Waals surface area contributed by atoms with Crippen LogP contribution in [0.25, 0.3) is 0 Å². The third-order valence-electron chi connectivity index (χ3n) is 7.90. The summed E-state index contributed by atoms with van der Waals surface area (Å²) in [6.07, 6.45) is 22.5. The summed E-state index contributed by atoms with van der Waals surface area (Å²) in [5.41, 5.74) is 0. The van der Waals surface area contributed by atoms with Crippen molar-refractivity contribution in [2.45, 2.75) is 128 Å². The number of hydrogen-bond donors (Lipinski definition) is 0. The molecule has 1 aliphatic carbocycles. The molecule has 0 aromatic rings. The average Bonchev–Trinajstić information content (AvgIpc) is 3.27. The van der Waals surface area contributed by atoms with Gasteiger partial charge in [-0.05, 0) is 25.7 Å². The molecule has 3 atom stereocenters. The Hall–Kier alpha value is 0.0300. The molecule has 1 aliphatic rings. The Labute approximate surface area is 225 Å². The average molecular weight is 535 g/mol. The van der Waals surface area contributed by atoms with Crippen LogP contribution >= 0.6 is 7.82 Å². The summed E-state index contributed by atoms with van der Waals surface area (Å²) in [5, 5.41) is 0. The Morgan fingerprint density at radius 2 is 1.22 bits per heavy atom. The van der Waals surface area contributed by atoms with Gasteiger partial charge in [0, 0.05) is 13.5 Å². The SMILES string of the molecule is CCCCCCCCCCCCCCCC[N+](C)(C)[C@H]1CCC[C@@H]1OP(=O)(OC)OCC[N+](C)(C)C. The smallest absolute Gasteiger partial charge is 0.329 e. The molecule has 0 amide bonds. The fourth-order valence-corrected chi connectivity index (χ4v) is 6.56. The minimum absolute atomic E-state index is 0.0680. The van der Waals surface area contributed by atoms with E-state index in [2.05, 4.69) is 42.2 Å². The Bertz CT molecular complexity index is 594. The lowest BCUT2D eigenvalue weighted by molar-refractivity contribution is -0.917. The number of rotatable bonds is 23. The lowest BCUT2D eigenvalue weighted by atomic mass is 10.0. The number of nitrogens with zero attached hydrogens (tertiary/aromatic N) is 2. The fourth-order valence-electron chi connectivity index (χ4n) is 5.43. The normalized spacial score (nSPS) is 20.6. The Morgan fingerprint density at radius 3 is 1.69 bits per heavy atom. The van der Waals surface area contributed by atoms with Crippen molar-refractivity contribution < 1.29 is 27.1 Å². The molecular formula is C29H63N2O4P+2. The van der Waals surface area contributed by atoms with Crippen LogP contribution in [-0.2, 0) is 18.1 Å². The van der Waals surface area contributed by atoms with Crippen LogP contribution < -0.4 is 0 Å².